The molecular formula is C20H17F6NO3. The molecular weight excluding hydrogens is 416 g/mol. The molecule has 2 aromatic rings. The Kier molecular flexibility index (Phi) is 6.14. The van der Waals surface area contributed by atoms with Crippen molar-refractivity contribution in [1.29, 1.82) is 0 Å². The molecule has 1 aliphatic rings. The Balaban J connectivity index is 1.91. The lowest BCUT2D eigenvalue weighted by molar-refractivity contribution is -0.275. The second-order valence-electron chi connectivity index (χ2n) is 6.58. The van der Waals surface area contributed by atoms with Gasteiger partial charge in [0.05, 0.1) is 18.2 Å². The van der Waals surface area contributed by atoms with Crippen molar-refractivity contribution in [2.45, 2.75) is 38.5 Å². The predicted molar refractivity (Wildman–Crippen MR) is 93.5 cm³/mol. The lowest BCUT2D eigenvalue weighted by Crippen LogP contribution is -2.30. The number of hydrogen-bond donors (Lipinski definition) is 0. The van der Waals surface area contributed by atoms with E-state index < -0.39 is 41.9 Å². The van der Waals surface area contributed by atoms with E-state index in [0.717, 1.165) is 29.2 Å². The van der Waals surface area contributed by atoms with Gasteiger partial charge in [0.1, 0.15) is 11.6 Å². The predicted octanol–water partition coefficient (Wildman–Crippen LogP) is 5.07. The molecule has 3 rings (SSSR count). The quantitative estimate of drug-likeness (QED) is 0.597. The fourth-order valence-corrected chi connectivity index (χ4v) is 3.39. The first-order valence-corrected chi connectivity index (χ1v) is 9.00. The van der Waals surface area contributed by atoms with E-state index in [9.17, 15) is 31.1 Å². The number of rotatable bonds is 6. The van der Waals surface area contributed by atoms with Crippen LogP contribution in [0.5, 0.6) is 11.5 Å². The van der Waals surface area contributed by atoms with Crippen LogP contribution in [0.25, 0.3) is 0 Å². The number of halogens is 6. The Morgan fingerprint density at radius 2 is 1.83 bits per heavy atom. The number of likely N-dealkylation sites (tertiary alicyclic amines) is 1. The Bertz CT molecular complexity index is 933. The Morgan fingerprint density at radius 3 is 2.47 bits per heavy atom. The highest BCUT2D eigenvalue weighted by molar-refractivity contribution is 5.84. The van der Waals surface area contributed by atoms with Crippen LogP contribution in [0.1, 0.15) is 30.5 Å². The molecule has 2 aromatic carbocycles. The minimum Gasteiger partial charge on any atom is -0.493 e. The average Bonchev–Trinajstić information content (AvgIpc) is 2.91. The second-order valence-corrected chi connectivity index (χ2v) is 6.58. The first kappa shape index (κ1) is 21.8. The fourth-order valence-electron chi connectivity index (χ4n) is 3.39. The minimum atomic E-state index is -5.07. The van der Waals surface area contributed by atoms with Crippen LogP contribution >= 0.6 is 0 Å². The Morgan fingerprint density at radius 1 is 1.10 bits per heavy atom. The molecule has 0 N–H and O–H groups in total. The van der Waals surface area contributed by atoms with Crippen LogP contribution in [-0.4, -0.2) is 29.9 Å². The van der Waals surface area contributed by atoms with Gasteiger partial charge in [-0.3, -0.25) is 4.79 Å². The highest BCUT2D eigenvalue weighted by Crippen LogP contribution is 2.41. The van der Waals surface area contributed by atoms with Crippen LogP contribution in [-0.2, 0) is 11.3 Å². The van der Waals surface area contributed by atoms with Crippen molar-refractivity contribution in [2.75, 3.05) is 6.61 Å². The maximum Gasteiger partial charge on any atom is 0.573 e. The van der Waals surface area contributed by atoms with Crippen LogP contribution in [0.2, 0.25) is 0 Å². The Hall–Kier alpha value is -2.91. The van der Waals surface area contributed by atoms with Gasteiger partial charge >= 0.3 is 6.36 Å². The summed E-state index contributed by atoms with van der Waals surface area (Å²) in [4.78, 5) is 13.4. The van der Waals surface area contributed by atoms with Crippen molar-refractivity contribution in [3.05, 3.63) is 59.2 Å². The molecule has 1 saturated heterocycles. The number of carbonyl (C=O) groups is 1. The molecule has 0 radical (unpaired) electrons. The molecule has 162 valence electrons. The number of alkyl halides is 4. The van der Waals surface area contributed by atoms with Gasteiger partial charge in [-0.2, -0.15) is 0 Å². The summed E-state index contributed by atoms with van der Waals surface area (Å²) in [7, 11) is 0. The van der Waals surface area contributed by atoms with E-state index in [1.807, 2.05) is 0 Å². The van der Waals surface area contributed by atoms with E-state index >= 15 is 0 Å². The summed E-state index contributed by atoms with van der Waals surface area (Å²) >= 11 is 0. The van der Waals surface area contributed by atoms with E-state index in [-0.39, 0.29) is 36.4 Å². The number of ether oxygens (including phenoxy) is 2. The third-order valence-electron chi connectivity index (χ3n) is 4.58. The summed E-state index contributed by atoms with van der Waals surface area (Å²) < 4.78 is 88.6. The molecule has 4 nitrogen and oxygen atoms in total. The van der Waals surface area contributed by atoms with Gasteiger partial charge in [-0.25, -0.2) is 13.2 Å². The van der Waals surface area contributed by atoms with Gasteiger partial charge in [0.2, 0.25) is 0 Å². The summed E-state index contributed by atoms with van der Waals surface area (Å²) in [6.45, 7) is 1.55. The average molecular weight is 433 g/mol. The molecule has 0 aliphatic carbocycles. The summed E-state index contributed by atoms with van der Waals surface area (Å²) in [5, 5.41) is 0. The second kappa shape index (κ2) is 8.45. The first-order chi connectivity index (χ1) is 14.1. The SMILES string of the molecule is CCOc1cccc(F)c1[C@H]1C[C@H](F)C(=O)N1Cc1ccc(OC(F)(F)F)c(F)c1. The van der Waals surface area contributed by atoms with Gasteiger partial charge < -0.3 is 14.4 Å². The molecule has 2 atom stereocenters. The molecule has 0 spiro atoms. The number of nitrogens with zero attached hydrogens (tertiary/aromatic N) is 1. The molecule has 1 fully saturated rings. The number of benzene rings is 2. The molecule has 30 heavy (non-hydrogen) atoms. The maximum atomic E-state index is 14.5. The van der Waals surface area contributed by atoms with Gasteiger partial charge in [-0.05, 0) is 36.8 Å². The van der Waals surface area contributed by atoms with Gasteiger partial charge in [-0.1, -0.05) is 12.1 Å². The van der Waals surface area contributed by atoms with Gasteiger partial charge in [0.15, 0.2) is 17.7 Å². The monoisotopic (exact) mass is 433 g/mol. The number of carbonyl (C=O) groups excluding carboxylic acids is 1. The maximum absolute atomic E-state index is 14.5. The highest BCUT2D eigenvalue weighted by atomic mass is 19.4. The summed E-state index contributed by atoms with van der Waals surface area (Å²) in [5.74, 6) is -3.81. The largest absolute Gasteiger partial charge is 0.573 e. The zero-order chi connectivity index (χ0) is 22.1. The lowest BCUT2D eigenvalue weighted by Gasteiger charge is -2.27. The van der Waals surface area contributed by atoms with Crippen molar-refractivity contribution < 1.29 is 40.6 Å². The smallest absolute Gasteiger partial charge is 0.493 e. The van der Waals surface area contributed by atoms with Crippen LogP contribution in [0.4, 0.5) is 26.3 Å². The van der Waals surface area contributed by atoms with Crippen LogP contribution in [0.15, 0.2) is 36.4 Å². The van der Waals surface area contributed by atoms with Crippen molar-refractivity contribution in [3.63, 3.8) is 0 Å². The van der Waals surface area contributed by atoms with Crippen molar-refractivity contribution in [2.24, 2.45) is 0 Å². The summed E-state index contributed by atoms with van der Waals surface area (Å²) in [6, 6.07) is 5.65. The van der Waals surface area contributed by atoms with Gasteiger partial charge in [-0.15, -0.1) is 13.2 Å². The van der Waals surface area contributed by atoms with Crippen molar-refractivity contribution in [3.8, 4) is 11.5 Å². The molecule has 1 amide bonds. The van der Waals surface area contributed by atoms with Crippen LogP contribution < -0.4 is 9.47 Å². The third kappa shape index (κ3) is 4.63. The van der Waals surface area contributed by atoms with Crippen molar-refractivity contribution in [1.82, 2.24) is 4.90 Å². The fraction of sp³-hybridized carbons (Fsp3) is 0.350. The number of hydrogen-bond acceptors (Lipinski definition) is 3. The molecule has 1 aliphatic heterocycles. The standard InChI is InChI=1S/C20H17F6NO3/c1-2-29-17-5-3-4-12(21)18(17)15-9-14(23)19(28)27(15)10-11-6-7-16(13(22)8-11)30-20(24,25)26/h3-8,14-15H,2,9-10H2,1H3/t14-,15+/m0/s1. The molecule has 10 heteroatoms. The molecule has 1 heterocycles. The van der Waals surface area contributed by atoms with Crippen LogP contribution in [0.3, 0.4) is 0 Å². The molecule has 0 aromatic heterocycles. The normalized spacial score (nSPS) is 19.3. The van der Waals surface area contributed by atoms with E-state index in [2.05, 4.69) is 4.74 Å². The third-order valence-corrected chi connectivity index (χ3v) is 4.58. The Labute approximate surface area is 168 Å². The zero-order valence-corrected chi connectivity index (χ0v) is 15.7. The van der Waals surface area contributed by atoms with Crippen molar-refractivity contribution >= 4 is 5.91 Å². The zero-order valence-electron chi connectivity index (χ0n) is 15.7. The van der Waals surface area contributed by atoms with E-state index in [0.29, 0.717) is 0 Å². The van der Waals surface area contributed by atoms with Gasteiger partial charge in [0.25, 0.3) is 5.91 Å². The van der Waals surface area contributed by atoms with E-state index in [1.165, 1.54) is 12.1 Å². The van der Waals surface area contributed by atoms with E-state index in [1.54, 1.807) is 6.92 Å². The molecule has 0 bridgehead atoms. The number of amides is 1. The van der Waals surface area contributed by atoms with Crippen LogP contribution in [0, 0.1) is 11.6 Å². The molecule has 0 unspecified atom stereocenters. The minimum absolute atomic E-state index is 0.00894. The van der Waals surface area contributed by atoms with E-state index in [4.69, 9.17) is 4.74 Å². The van der Waals surface area contributed by atoms with Gasteiger partial charge in [0, 0.05) is 13.0 Å². The molecule has 0 saturated carbocycles. The first-order valence-electron chi connectivity index (χ1n) is 9.00. The highest BCUT2D eigenvalue weighted by Gasteiger charge is 2.43. The topological polar surface area (TPSA) is 38.8 Å². The summed E-state index contributed by atoms with van der Waals surface area (Å²) in [5.41, 5.74) is 0.0779. The lowest BCUT2D eigenvalue weighted by atomic mass is 10.0. The summed E-state index contributed by atoms with van der Waals surface area (Å²) in [6.07, 6.45) is -7.31.